The van der Waals surface area contributed by atoms with E-state index in [1.54, 1.807) is 4.90 Å². The van der Waals surface area contributed by atoms with Crippen LogP contribution >= 0.6 is 11.6 Å². The smallest absolute Gasteiger partial charge is 0.417 e. The van der Waals surface area contributed by atoms with E-state index in [1.165, 1.54) is 6.92 Å². The zero-order chi connectivity index (χ0) is 18.8. The Labute approximate surface area is 147 Å². The van der Waals surface area contributed by atoms with E-state index in [2.05, 4.69) is 10.3 Å². The summed E-state index contributed by atoms with van der Waals surface area (Å²) in [6.07, 6.45) is -2.93. The Morgan fingerprint density at radius 2 is 2.00 bits per heavy atom. The number of hydrogen-bond donors (Lipinski definition) is 2. The minimum absolute atomic E-state index is 0.0998. The lowest BCUT2D eigenvalue weighted by molar-refractivity contribution is -0.142. The van der Waals surface area contributed by atoms with E-state index in [4.69, 9.17) is 16.7 Å². The van der Waals surface area contributed by atoms with Crippen LogP contribution in [-0.4, -0.2) is 41.1 Å². The molecule has 0 spiro atoms. The number of aliphatic carboxylic acids is 1. The third kappa shape index (κ3) is 4.75. The van der Waals surface area contributed by atoms with Crippen LogP contribution in [0.2, 0.25) is 5.02 Å². The number of carboxylic acid groups (broad SMARTS) is 1. The summed E-state index contributed by atoms with van der Waals surface area (Å²) >= 11 is 5.92. The molecule has 1 saturated heterocycles. The average Bonchev–Trinajstić information content (AvgIpc) is 2.54. The van der Waals surface area contributed by atoms with Crippen molar-refractivity contribution in [2.45, 2.75) is 32.0 Å². The molecule has 0 unspecified atom stereocenters. The van der Waals surface area contributed by atoms with Crippen LogP contribution in [0.3, 0.4) is 0 Å². The minimum Gasteiger partial charge on any atom is -0.480 e. The lowest BCUT2D eigenvalue weighted by Crippen LogP contribution is -2.45. The summed E-state index contributed by atoms with van der Waals surface area (Å²) < 4.78 is 37.9. The van der Waals surface area contributed by atoms with Crippen LogP contribution in [-0.2, 0) is 15.8 Å². The van der Waals surface area contributed by atoms with Crippen molar-refractivity contribution in [3.8, 4) is 0 Å². The van der Waals surface area contributed by atoms with Crippen LogP contribution in [0.4, 0.5) is 19.0 Å². The van der Waals surface area contributed by atoms with Crippen molar-refractivity contribution < 1.29 is 27.9 Å². The van der Waals surface area contributed by atoms with Crippen molar-refractivity contribution >= 4 is 29.3 Å². The molecule has 138 valence electrons. The third-order valence-corrected chi connectivity index (χ3v) is 4.32. The number of carbonyl (C=O) groups is 2. The first-order valence-electron chi connectivity index (χ1n) is 7.60. The summed E-state index contributed by atoms with van der Waals surface area (Å²) in [6.45, 7) is 2.15. The lowest BCUT2D eigenvalue weighted by atomic mass is 9.95. The number of aromatic nitrogens is 1. The van der Waals surface area contributed by atoms with Gasteiger partial charge in [0, 0.05) is 25.2 Å². The highest BCUT2D eigenvalue weighted by Gasteiger charge is 2.33. The van der Waals surface area contributed by atoms with Gasteiger partial charge in [-0.3, -0.25) is 9.59 Å². The lowest BCUT2D eigenvalue weighted by Gasteiger charge is -2.33. The molecule has 0 radical (unpaired) electrons. The Morgan fingerprint density at radius 3 is 2.48 bits per heavy atom. The molecule has 2 rings (SSSR count). The highest BCUT2D eigenvalue weighted by atomic mass is 35.5. The Kier molecular flexibility index (Phi) is 5.76. The summed E-state index contributed by atoms with van der Waals surface area (Å²) in [6, 6.07) is -0.145. The summed E-state index contributed by atoms with van der Waals surface area (Å²) in [7, 11) is 0. The van der Waals surface area contributed by atoms with Crippen molar-refractivity contribution in [2.24, 2.45) is 5.92 Å². The van der Waals surface area contributed by atoms with Crippen LogP contribution in [0.25, 0.3) is 0 Å². The SMILES string of the molecule is C[C@@H](NC(=O)C1CCN(c2ncc(C(F)(F)F)cc2Cl)CC1)C(=O)O. The van der Waals surface area contributed by atoms with Gasteiger partial charge in [0.05, 0.1) is 10.6 Å². The molecule has 1 atom stereocenters. The van der Waals surface area contributed by atoms with E-state index in [0.717, 1.165) is 12.3 Å². The summed E-state index contributed by atoms with van der Waals surface area (Å²) in [5, 5.41) is 11.1. The molecule has 2 heterocycles. The Hall–Kier alpha value is -2.03. The number of rotatable bonds is 4. The predicted octanol–water partition coefficient (Wildman–Crippen LogP) is 2.56. The molecular weight excluding hydrogens is 363 g/mol. The van der Waals surface area contributed by atoms with Gasteiger partial charge in [0.1, 0.15) is 11.9 Å². The van der Waals surface area contributed by atoms with Gasteiger partial charge in [0.2, 0.25) is 5.91 Å². The fourth-order valence-electron chi connectivity index (χ4n) is 2.56. The van der Waals surface area contributed by atoms with E-state index < -0.39 is 23.8 Å². The molecule has 6 nitrogen and oxygen atoms in total. The molecule has 0 bridgehead atoms. The molecule has 2 N–H and O–H groups in total. The quantitative estimate of drug-likeness (QED) is 0.840. The molecule has 1 amide bonds. The Balaban J connectivity index is 1.98. The van der Waals surface area contributed by atoms with Gasteiger partial charge in [-0.25, -0.2) is 4.98 Å². The van der Waals surface area contributed by atoms with Gasteiger partial charge in [-0.1, -0.05) is 11.6 Å². The number of pyridine rings is 1. The van der Waals surface area contributed by atoms with E-state index in [-0.39, 0.29) is 22.7 Å². The topological polar surface area (TPSA) is 82.5 Å². The number of piperidine rings is 1. The van der Waals surface area contributed by atoms with Crippen molar-refractivity contribution in [2.75, 3.05) is 18.0 Å². The summed E-state index contributed by atoms with van der Waals surface area (Å²) in [4.78, 5) is 28.3. The number of alkyl halides is 3. The number of anilines is 1. The second-order valence-electron chi connectivity index (χ2n) is 5.86. The summed E-state index contributed by atoms with van der Waals surface area (Å²) in [5.74, 6) is -1.58. The maximum absolute atomic E-state index is 12.6. The van der Waals surface area contributed by atoms with Crippen LogP contribution in [0, 0.1) is 5.92 Å². The maximum Gasteiger partial charge on any atom is 0.417 e. The first-order chi connectivity index (χ1) is 11.6. The zero-order valence-corrected chi connectivity index (χ0v) is 14.1. The van der Waals surface area contributed by atoms with E-state index >= 15 is 0 Å². The molecule has 10 heteroatoms. The van der Waals surface area contributed by atoms with Gasteiger partial charge in [-0.05, 0) is 25.8 Å². The molecule has 1 aliphatic rings. The highest BCUT2D eigenvalue weighted by molar-refractivity contribution is 6.33. The van der Waals surface area contributed by atoms with Crippen LogP contribution in [0.15, 0.2) is 12.3 Å². The first kappa shape index (κ1) is 19.3. The molecule has 0 saturated carbocycles. The second-order valence-corrected chi connectivity index (χ2v) is 6.26. The molecule has 0 aliphatic carbocycles. The molecular formula is C15H17ClF3N3O3. The average molecular weight is 380 g/mol. The third-order valence-electron chi connectivity index (χ3n) is 4.04. The standard InChI is InChI=1S/C15H17ClF3N3O3/c1-8(14(24)25)21-13(23)9-2-4-22(5-3-9)12-11(16)6-10(7-20-12)15(17,18)19/h6-9H,2-5H2,1H3,(H,21,23)(H,24,25)/t8-/m1/s1. The van der Waals surface area contributed by atoms with Gasteiger partial charge in [0.15, 0.2) is 0 Å². The first-order valence-corrected chi connectivity index (χ1v) is 7.98. The van der Waals surface area contributed by atoms with Crippen molar-refractivity contribution in [1.29, 1.82) is 0 Å². The van der Waals surface area contributed by atoms with Crippen LogP contribution in [0.5, 0.6) is 0 Å². The number of amides is 1. The van der Waals surface area contributed by atoms with Crippen LogP contribution < -0.4 is 10.2 Å². The van der Waals surface area contributed by atoms with E-state index in [0.29, 0.717) is 25.9 Å². The fourth-order valence-corrected chi connectivity index (χ4v) is 2.85. The van der Waals surface area contributed by atoms with Crippen LogP contribution in [0.1, 0.15) is 25.3 Å². The number of carbonyl (C=O) groups excluding carboxylic acids is 1. The Bertz CT molecular complexity index is 661. The monoisotopic (exact) mass is 379 g/mol. The van der Waals surface area contributed by atoms with Gasteiger partial charge < -0.3 is 15.3 Å². The largest absolute Gasteiger partial charge is 0.480 e. The normalized spacial score (nSPS) is 17.2. The van der Waals surface area contributed by atoms with Crippen molar-refractivity contribution in [3.63, 3.8) is 0 Å². The van der Waals surface area contributed by atoms with Crippen molar-refractivity contribution in [1.82, 2.24) is 10.3 Å². The van der Waals surface area contributed by atoms with Gasteiger partial charge in [0.25, 0.3) is 0 Å². The van der Waals surface area contributed by atoms with E-state index in [9.17, 15) is 22.8 Å². The second kappa shape index (κ2) is 7.47. The zero-order valence-electron chi connectivity index (χ0n) is 13.3. The number of hydrogen-bond acceptors (Lipinski definition) is 4. The van der Waals surface area contributed by atoms with Crippen molar-refractivity contribution in [3.05, 3.63) is 22.8 Å². The van der Waals surface area contributed by atoms with Gasteiger partial charge in [-0.2, -0.15) is 13.2 Å². The Morgan fingerprint density at radius 1 is 1.40 bits per heavy atom. The fraction of sp³-hybridized carbons (Fsp3) is 0.533. The summed E-state index contributed by atoms with van der Waals surface area (Å²) in [5.41, 5.74) is -0.918. The number of nitrogens with one attached hydrogen (secondary N) is 1. The molecule has 1 fully saturated rings. The maximum atomic E-state index is 12.6. The molecule has 1 aliphatic heterocycles. The van der Waals surface area contributed by atoms with E-state index in [1.807, 2.05) is 0 Å². The molecule has 0 aromatic carbocycles. The number of halogens is 4. The molecule has 1 aromatic heterocycles. The molecule has 25 heavy (non-hydrogen) atoms. The number of carboxylic acids is 1. The van der Waals surface area contributed by atoms with Gasteiger partial charge in [-0.15, -0.1) is 0 Å². The van der Waals surface area contributed by atoms with Gasteiger partial charge >= 0.3 is 12.1 Å². The highest BCUT2D eigenvalue weighted by Crippen LogP contribution is 2.34. The number of nitrogens with zero attached hydrogens (tertiary/aromatic N) is 2. The minimum atomic E-state index is -4.51. The molecule has 1 aromatic rings. The predicted molar refractivity (Wildman–Crippen MR) is 84.4 cm³/mol.